The molecular weight excluding hydrogens is 406 g/mol. The lowest BCUT2D eigenvalue weighted by Gasteiger charge is -2.05. The van der Waals surface area contributed by atoms with Crippen LogP contribution in [0.25, 0.3) is 28.0 Å². The van der Waals surface area contributed by atoms with E-state index in [1.54, 1.807) is 11.6 Å². The molecule has 4 rings (SSSR count). The van der Waals surface area contributed by atoms with Gasteiger partial charge in [0.2, 0.25) is 0 Å². The number of fused-ring (bicyclic) bond motifs is 1. The number of rotatable bonds is 4. The SMILES string of the molecule is CCOC(=O)c1nn(-c2ccccc2)c2nc(-c3ccc(Br)cc3)ccc12. The lowest BCUT2D eigenvalue weighted by atomic mass is 10.1. The Labute approximate surface area is 164 Å². The van der Waals surface area contributed by atoms with Crippen LogP contribution in [0.2, 0.25) is 0 Å². The average molecular weight is 422 g/mol. The van der Waals surface area contributed by atoms with Crippen molar-refractivity contribution in [3.63, 3.8) is 0 Å². The second kappa shape index (κ2) is 7.32. The molecule has 0 N–H and O–H groups in total. The van der Waals surface area contributed by atoms with Crippen molar-refractivity contribution in [2.45, 2.75) is 6.92 Å². The molecule has 0 radical (unpaired) electrons. The zero-order valence-corrected chi connectivity index (χ0v) is 16.2. The van der Waals surface area contributed by atoms with Crippen molar-refractivity contribution in [3.05, 3.63) is 76.9 Å². The summed E-state index contributed by atoms with van der Waals surface area (Å²) < 4.78 is 7.86. The molecule has 4 aromatic rings. The van der Waals surface area contributed by atoms with Crippen LogP contribution in [0.1, 0.15) is 17.4 Å². The van der Waals surface area contributed by atoms with Crippen LogP contribution in [-0.4, -0.2) is 27.3 Å². The Morgan fingerprint density at radius 1 is 1.04 bits per heavy atom. The summed E-state index contributed by atoms with van der Waals surface area (Å²) >= 11 is 3.45. The fourth-order valence-corrected chi connectivity index (χ4v) is 3.14. The molecule has 5 nitrogen and oxygen atoms in total. The summed E-state index contributed by atoms with van der Waals surface area (Å²) in [4.78, 5) is 17.2. The molecule has 27 heavy (non-hydrogen) atoms. The summed E-state index contributed by atoms with van der Waals surface area (Å²) in [6, 6.07) is 21.3. The molecule has 0 aliphatic carbocycles. The van der Waals surface area contributed by atoms with Crippen LogP contribution < -0.4 is 0 Å². The lowest BCUT2D eigenvalue weighted by molar-refractivity contribution is 0.0521. The molecular formula is C21H16BrN3O2. The molecule has 6 heteroatoms. The molecule has 0 fully saturated rings. The molecule has 2 heterocycles. The molecule has 0 unspecified atom stereocenters. The Bertz CT molecular complexity index is 1110. The Kier molecular flexibility index (Phi) is 4.73. The summed E-state index contributed by atoms with van der Waals surface area (Å²) in [5.41, 5.74) is 3.51. The van der Waals surface area contributed by atoms with Crippen molar-refractivity contribution in [3.8, 4) is 16.9 Å². The standard InChI is InChI=1S/C21H16BrN3O2/c1-2-27-21(26)19-17-12-13-18(14-8-10-15(22)11-9-14)23-20(17)25(24-19)16-6-4-3-5-7-16/h3-13H,2H2,1H3. The van der Waals surface area contributed by atoms with Gasteiger partial charge in [-0.25, -0.2) is 14.5 Å². The normalized spacial score (nSPS) is 10.9. The minimum Gasteiger partial charge on any atom is -0.461 e. The van der Waals surface area contributed by atoms with E-state index >= 15 is 0 Å². The second-order valence-corrected chi connectivity index (χ2v) is 6.81. The molecule has 0 saturated heterocycles. The van der Waals surface area contributed by atoms with Gasteiger partial charge >= 0.3 is 5.97 Å². The van der Waals surface area contributed by atoms with Crippen LogP contribution in [-0.2, 0) is 4.74 Å². The summed E-state index contributed by atoms with van der Waals surface area (Å²) in [5.74, 6) is -0.449. The number of carbonyl (C=O) groups is 1. The topological polar surface area (TPSA) is 57.0 Å². The molecule has 2 aromatic heterocycles. The largest absolute Gasteiger partial charge is 0.461 e. The van der Waals surface area contributed by atoms with Gasteiger partial charge in [0.25, 0.3) is 0 Å². The first-order valence-electron chi connectivity index (χ1n) is 8.55. The third-order valence-electron chi connectivity index (χ3n) is 4.14. The van der Waals surface area contributed by atoms with Gasteiger partial charge in [0.1, 0.15) is 0 Å². The number of nitrogens with zero attached hydrogens (tertiary/aromatic N) is 3. The van der Waals surface area contributed by atoms with Gasteiger partial charge in [-0.3, -0.25) is 0 Å². The highest BCUT2D eigenvalue weighted by Gasteiger charge is 2.20. The molecule has 0 amide bonds. The third-order valence-corrected chi connectivity index (χ3v) is 4.67. The molecule has 0 spiro atoms. The van der Waals surface area contributed by atoms with E-state index in [1.807, 2.05) is 66.7 Å². The fraction of sp³-hybridized carbons (Fsp3) is 0.0952. The van der Waals surface area contributed by atoms with Crippen molar-refractivity contribution < 1.29 is 9.53 Å². The first-order chi connectivity index (χ1) is 13.2. The van der Waals surface area contributed by atoms with Gasteiger partial charge in [-0.2, -0.15) is 5.10 Å². The molecule has 134 valence electrons. The first kappa shape index (κ1) is 17.4. The van der Waals surface area contributed by atoms with E-state index in [1.165, 1.54) is 0 Å². The number of esters is 1. The Balaban J connectivity index is 1.92. The molecule has 0 bridgehead atoms. The maximum Gasteiger partial charge on any atom is 0.359 e. The first-order valence-corrected chi connectivity index (χ1v) is 9.35. The van der Waals surface area contributed by atoms with Crippen LogP contribution in [0.5, 0.6) is 0 Å². The van der Waals surface area contributed by atoms with Crippen LogP contribution in [0, 0.1) is 0 Å². The average Bonchev–Trinajstić information content (AvgIpc) is 3.08. The number of benzene rings is 2. The van der Waals surface area contributed by atoms with Crippen molar-refractivity contribution in [2.24, 2.45) is 0 Å². The van der Waals surface area contributed by atoms with Crippen molar-refractivity contribution >= 4 is 32.9 Å². The van der Waals surface area contributed by atoms with Crippen LogP contribution in [0.3, 0.4) is 0 Å². The number of hydrogen-bond acceptors (Lipinski definition) is 4. The van der Waals surface area contributed by atoms with E-state index in [2.05, 4.69) is 21.0 Å². The molecule has 0 atom stereocenters. The van der Waals surface area contributed by atoms with Gasteiger partial charge in [0, 0.05) is 10.0 Å². The van der Waals surface area contributed by atoms with E-state index in [0.29, 0.717) is 17.6 Å². The van der Waals surface area contributed by atoms with E-state index in [-0.39, 0.29) is 5.69 Å². The predicted octanol–water partition coefficient (Wildman–Crippen LogP) is 5.03. The van der Waals surface area contributed by atoms with Crippen LogP contribution >= 0.6 is 15.9 Å². The minimum absolute atomic E-state index is 0.269. The monoisotopic (exact) mass is 421 g/mol. The number of halogens is 1. The van der Waals surface area contributed by atoms with Gasteiger partial charge in [0.15, 0.2) is 11.3 Å². The number of carbonyl (C=O) groups excluding carboxylic acids is 1. The van der Waals surface area contributed by atoms with E-state index in [0.717, 1.165) is 21.4 Å². The lowest BCUT2D eigenvalue weighted by Crippen LogP contribution is -2.07. The highest BCUT2D eigenvalue weighted by Crippen LogP contribution is 2.26. The van der Waals surface area contributed by atoms with E-state index in [4.69, 9.17) is 9.72 Å². The minimum atomic E-state index is -0.449. The third kappa shape index (κ3) is 3.36. The molecule has 2 aromatic carbocycles. The van der Waals surface area contributed by atoms with Crippen LogP contribution in [0.15, 0.2) is 71.2 Å². The van der Waals surface area contributed by atoms with Gasteiger partial charge in [0.05, 0.1) is 23.4 Å². The Morgan fingerprint density at radius 2 is 1.78 bits per heavy atom. The number of hydrogen-bond donors (Lipinski definition) is 0. The predicted molar refractivity (Wildman–Crippen MR) is 108 cm³/mol. The summed E-state index contributed by atoms with van der Waals surface area (Å²) in [7, 11) is 0. The highest BCUT2D eigenvalue weighted by molar-refractivity contribution is 9.10. The maximum absolute atomic E-state index is 12.4. The second-order valence-electron chi connectivity index (χ2n) is 5.89. The van der Waals surface area contributed by atoms with Crippen LogP contribution in [0.4, 0.5) is 0 Å². The number of pyridine rings is 1. The number of aromatic nitrogens is 3. The summed E-state index contributed by atoms with van der Waals surface area (Å²) in [5, 5.41) is 5.16. The van der Waals surface area contributed by atoms with Gasteiger partial charge < -0.3 is 4.74 Å². The number of ether oxygens (including phenoxy) is 1. The molecule has 0 aliphatic heterocycles. The van der Waals surface area contributed by atoms with Gasteiger partial charge in [-0.15, -0.1) is 0 Å². The van der Waals surface area contributed by atoms with Gasteiger partial charge in [-0.1, -0.05) is 46.3 Å². The van der Waals surface area contributed by atoms with Crippen molar-refractivity contribution in [1.29, 1.82) is 0 Å². The van der Waals surface area contributed by atoms with E-state index in [9.17, 15) is 4.79 Å². The maximum atomic E-state index is 12.4. The van der Waals surface area contributed by atoms with Gasteiger partial charge in [-0.05, 0) is 43.3 Å². The summed E-state index contributed by atoms with van der Waals surface area (Å²) in [6.07, 6.45) is 0. The Morgan fingerprint density at radius 3 is 2.48 bits per heavy atom. The Hall–Kier alpha value is -2.99. The summed E-state index contributed by atoms with van der Waals surface area (Å²) in [6.45, 7) is 2.07. The highest BCUT2D eigenvalue weighted by atomic mass is 79.9. The van der Waals surface area contributed by atoms with Crippen molar-refractivity contribution in [1.82, 2.24) is 14.8 Å². The zero-order chi connectivity index (χ0) is 18.8. The smallest absolute Gasteiger partial charge is 0.359 e. The fourth-order valence-electron chi connectivity index (χ4n) is 2.88. The zero-order valence-electron chi connectivity index (χ0n) is 14.6. The number of para-hydroxylation sites is 1. The van der Waals surface area contributed by atoms with Crippen molar-refractivity contribution in [2.75, 3.05) is 6.61 Å². The quantitative estimate of drug-likeness (QED) is 0.433. The molecule has 0 saturated carbocycles. The van der Waals surface area contributed by atoms with E-state index < -0.39 is 5.97 Å². The molecule has 0 aliphatic rings.